The number of rotatable bonds is 8. The first-order chi connectivity index (χ1) is 13.4. The lowest BCUT2D eigenvalue weighted by Gasteiger charge is -2.29. The molecule has 0 amide bonds. The number of ether oxygens (including phenoxy) is 3. The fraction of sp³-hybridized carbons (Fsp3) is 0.889. The van der Waals surface area contributed by atoms with Crippen LogP contribution in [-0.4, -0.2) is 91.6 Å². The van der Waals surface area contributed by atoms with Gasteiger partial charge in [0.15, 0.2) is 12.6 Å². The van der Waals surface area contributed by atoms with Crippen molar-refractivity contribution in [2.24, 2.45) is 0 Å². The summed E-state index contributed by atoms with van der Waals surface area (Å²) in [5.41, 5.74) is 0. The highest BCUT2D eigenvalue weighted by atomic mass is 32.2. The van der Waals surface area contributed by atoms with Crippen LogP contribution in [0.2, 0.25) is 0 Å². The first-order valence-electron chi connectivity index (χ1n) is 9.87. The molecule has 2 unspecified atom stereocenters. The van der Waals surface area contributed by atoms with Gasteiger partial charge in [0, 0.05) is 31.9 Å². The van der Waals surface area contributed by atoms with E-state index in [2.05, 4.69) is 37.5 Å². The third-order valence-electron chi connectivity index (χ3n) is 4.92. The Morgan fingerprint density at radius 1 is 0.964 bits per heavy atom. The summed E-state index contributed by atoms with van der Waals surface area (Å²) >= 11 is 14.1. The van der Waals surface area contributed by atoms with E-state index in [-0.39, 0.29) is 17.6 Å². The van der Waals surface area contributed by atoms with Gasteiger partial charge in [-0.05, 0) is 34.6 Å². The molecule has 2 fully saturated rings. The van der Waals surface area contributed by atoms with Crippen LogP contribution in [0.25, 0.3) is 0 Å². The molecule has 2 aliphatic rings. The molecule has 2 aliphatic heterocycles. The summed E-state index contributed by atoms with van der Waals surface area (Å²) < 4.78 is 19.3. The van der Waals surface area contributed by atoms with E-state index in [0.29, 0.717) is 5.75 Å². The van der Waals surface area contributed by atoms with Gasteiger partial charge in [0.05, 0.1) is 11.4 Å². The number of thioether (sulfide) groups is 2. The number of fused-ring (bicyclic) bond motifs is 1. The summed E-state index contributed by atoms with van der Waals surface area (Å²) in [7, 11) is 0. The second-order valence-corrected chi connectivity index (χ2v) is 10.1. The molecule has 2 heterocycles. The smallest absolute Gasteiger partial charge is 0.188 e. The Morgan fingerprint density at radius 2 is 1.54 bits per heavy atom. The average Bonchev–Trinajstić information content (AvgIpc) is 3.19. The summed E-state index contributed by atoms with van der Waals surface area (Å²) in [4.78, 5) is 4.23. The van der Waals surface area contributed by atoms with E-state index in [0.717, 1.165) is 34.8 Å². The van der Waals surface area contributed by atoms with Gasteiger partial charge in [0.25, 0.3) is 0 Å². The van der Waals surface area contributed by atoms with Crippen LogP contribution in [0, 0.1) is 0 Å². The molecule has 10 heteroatoms. The van der Waals surface area contributed by atoms with Crippen LogP contribution in [0.4, 0.5) is 0 Å². The predicted octanol–water partition coefficient (Wildman–Crippen LogP) is 2.92. The molecule has 0 radical (unpaired) electrons. The second-order valence-electron chi connectivity index (χ2n) is 6.61. The van der Waals surface area contributed by atoms with Gasteiger partial charge in [-0.25, -0.2) is 0 Å². The van der Waals surface area contributed by atoms with Crippen LogP contribution in [0.5, 0.6) is 0 Å². The lowest BCUT2D eigenvalue weighted by molar-refractivity contribution is -0.163. The molecule has 0 spiro atoms. The monoisotopic (exact) mass is 468 g/mol. The van der Waals surface area contributed by atoms with Gasteiger partial charge in [-0.2, -0.15) is 0 Å². The molecule has 2 saturated heterocycles. The predicted molar refractivity (Wildman–Crippen MR) is 125 cm³/mol. The van der Waals surface area contributed by atoms with Gasteiger partial charge in [-0.1, -0.05) is 48.0 Å². The Hall–Kier alpha value is 0.320. The number of nitrogens with zero attached hydrogens (tertiary/aromatic N) is 2. The highest BCUT2D eigenvalue weighted by Crippen LogP contribution is 2.41. The van der Waals surface area contributed by atoms with Crippen molar-refractivity contribution in [2.75, 3.05) is 31.9 Å². The molecule has 0 aromatic carbocycles. The van der Waals surface area contributed by atoms with E-state index >= 15 is 0 Å². The van der Waals surface area contributed by atoms with Crippen LogP contribution in [-0.2, 0) is 14.2 Å². The van der Waals surface area contributed by atoms with E-state index in [1.165, 1.54) is 11.8 Å². The molecular weight excluding hydrogens is 436 g/mol. The number of aliphatic hydroxyl groups is 1. The Labute approximate surface area is 188 Å². The zero-order valence-corrected chi connectivity index (χ0v) is 20.5. The van der Waals surface area contributed by atoms with Crippen LogP contribution in [0.3, 0.4) is 0 Å². The van der Waals surface area contributed by atoms with Gasteiger partial charge in [-0.3, -0.25) is 0 Å². The maximum absolute atomic E-state index is 10.9. The van der Waals surface area contributed by atoms with E-state index in [9.17, 15) is 5.11 Å². The topological polar surface area (TPSA) is 54.4 Å². The molecule has 6 atom stereocenters. The zero-order chi connectivity index (χ0) is 20.8. The fourth-order valence-corrected chi connectivity index (χ4v) is 6.63. The first kappa shape index (κ1) is 24.6. The minimum atomic E-state index is -0.691. The largest absolute Gasteiger partial charge is 0.389 e. The molecule has 0 bridgehead atoms. The highest BCUT2D eigenvalue weighted by molar-refractivity contribution is 8.23. The lowest BCUT2D eigenvalue weighted by Crippen LogP contribution is -2.41. The standard InChI is InChI=1S/C18H32N2O4S4/c1-6-19(7-2)17(25)27-10-12(21)13-15(28-18(26)20(8-3)9-4)14-16(24-13)23-11(5)22-14/h11-16,21H,6-10H2,1-5H3/t11?,12-,13?,14+,15-,16-/m0/s1. The average molecular weight is 469 g/mol. The molecule has 0 aliphatic carbocycles. The SMILES string of the molecule is CCN(CC)C(=S)SC[C@H](O)C1O[C@@H]2OC(C)O[C@@H]2[C@H]1SC(=S)N(CC)CC. The van der Waals surface area contributed by atoms with Gasteiger partial charge < -0.3 is 29.1 Å². The number of hydrogen-bond acceptors (Lipinski definition) is 8. The van der Waals surface area contributed by atoms with E-state index in [4.69, 9.17) is 38.6 Å². The Bertz CT molecular complexity index is 534. The quantitative estimate of drug-likeness (QED) is 0.538. The summed E-state index contributed by atoms with van der Waals surface area (Å²) in [5.74, 6) is 0.462. The summed E-state index contributed by atoms with van der Waals surface area (Å²) in [6.45, 7) is 13.6. The molecule has 1 N–H and O–H groups in total. The van der Waals surface area contributed by atoms with E-state index in [1.54, 1.807) is 11.8 Å². The van der Waals surface area contributed by atoms with Crippen LogP contribution in [0.15, 0.2) is 0 Å². The Kier molecular flexibility index (Phi) is 10.2. The lowest BCUT2D eigenvalue weighted by atomic mass is 10.1. The number of aliphatic hydroxyl groups excluding tert-OH is 1. The normalized spacial score (nSPS) is 30.1. The van der Waals surface area contributed by atoms with Gasteiger partial charge >= 0.3 is 0 Å². The van der Waals surface area contributed by atoms with Gasteiger partial charge in [-0.15, -0.1) is 0 Å². The van der Waals surface area contributed by atoms with E-state index < -0.39 is 18.5 Å². The maximum atomic E-state index is 10.9. The molecular formula is C18H32N2O4S4. The molecule has 0 aromatic heterocycles. The Morgan fingerprint density at radius 3 is 2.11 bits per heavy atom. The third kappa shape index (κ3) is 5.94. The van der Waals surface area contributed by atoms with Crippen molar-refractivity contribution in [1.29, 1.82) is 0 Å². The van der Waals surface area contributed by atoms with Gasteiger partial charge in [0.2, 0.25) is 0 Å². The summed E-state index contributed by atoms with van der Waals surface area (Å²) in [6.07, 6.45) is -2.14. The summed E-state index contributed by atoms with van der Waals surface area (Å²) in [5, 5.41) is 10.8. The van der Waals surface area contributed by atoms with Crippen molar-refractivity contribution in [3.63, 3.8) is 0 Å². The fourth-order valence-electron chi connectivity index (χ4n) is 3.29. The van der Waals surface area contributed by atoms with Crippen molar-refractivity contribution >= 4 is 56.6 Å². The molecule has 2 rings (SSSR count). The molecule has 0 aromatic rings. The highest BCUT2D eigenvalue weighted by Gasteiger charge is 2.54. The minimum Gasteiger partial charge on any atom is -0.389 e. The van der Waals surface area contributed by atoms with Crippen molar-refractivity contribution in [1.82, 2.24) is 9.80 Å². The van der Waals surface area contributed by atoms with Crippen molar-refractivity contribution in [3.05, 3.63) is 0 Å². The molecule has 162 valence electrons. The first-order valence-corrected chi connectivity index (χ1v) is 12.6. The van der Waals surface area contributed by atoms with Crippen LogP contribution < -0.4 is 0 Å². The van der Waals surface area contributed by atoms with Crippen LogP contribution >= 0.6 is 48.0 Å². The molecule has 28 heavy (non-hydrogen) atoms. The van der Waals surface area contributed by atoms with Crippen molar-refractivity contribution in [2.45, 2.75) is 70.8 Å². The molecule has 6 nitrogen and oxygen atoms in total. The minimum absolute atomic E-state index is 0.124. The molecule has 0 saturated carbocycles. The summed E-state index contributed by atoms with van der Waals surface area (Å²) in [6, 6.07) is 0. The van der Waals surface area contributed by atoms with Crippen molar-refractivity contribution in [3.8, 4) is 0 Å². The number of hydrogen-bond donors (Lipinski definition) is 1. The second kappa shape index (κ2) is 11.6. The number of thiocarbonyl (C=S) groups is 2. The van der Waals surface area contributed by atoms with Crippen LogP contribution in [0.1, 0.15) is 34.6 Å². The van der Waals surface area contributed by atoms with Crippen molar-refractivity contribution < 1.29 is 19.3 Å². The van der Waals surface area contributed by atoms with Gasteiger partial charge in [0.1, 0.15) is 20.8 Å². The Balaban J connectivity index is 2.03. The van der Waals surface area contributed by atoms with E-state index in [1.807, 2.05) is 6.92 Å². The zero-order valence-electron chi connectivity index (χ0n) is 17.2. The maximum Gasteiger partial charge on any atom is 0.188 e. The third-order valence-corrected chi connectivity index (χ3v) is 8.36.